The molecule has 3 aromatic rings. The Morgan fingerprint density at radius 2 is 1.78 bits per heavy atom. The van der Waals surface area contributed by atoms with Crippen LogP contribution in [0.5, 0.6) is 0 Å². The molecule has 118 valence electrons. The number of aromatic amines is 1. The zero-order valence-corrected chi connectivity index (χ0v) is 13.6. The number of halogens is 2. The molecule has 0 fully saturated rings. The lowest BCUT2D eigenvalue weighted by Crippen LogP contribution is -2.03. The quantitative estimate of drug-likeness (QED) is 0.681. The van der Waals surface area contributed by atoms with Crippen molar-refractivity contribution in [3.05, 3.63) is 76.3 Å². The highest BCUT2D eigenvalue weighted by molar-refractivity contribution is 7.97. The number of aromatic nitrogens is 3. The van der Waals surface area contributed by atoms with Crippen molar-refractivity contribution in [3.63, 3.8) is 0 Å². The molecule has 0 amide bonds. The second-order valence-electron chi connectivity index (χ2n) is 4.85. The van der Waals surface area contributed by atoms with Crippen molar-refractivity contribution >= 4 is 24.0 Å². The standard InChI is InChI=1S/C16H13F2N3S2/c17-12-7-5-11(6-8-12)9-23-10-15-19-20-16(22)21(15)14-4-2-1-3-13(14)18/h1-8H,9-10H2,(H,20,22). The van der Waals surface area contributed by atoms with Crippen LogP contribution < -0.4 is 0 Å². The monoisotopic (exact) mass is 349 g/mol. The Morgan fingerprint density at radius 1 is 1.04 bits per heavy atom. The molecule has 1 N–H and O–H groups in total. The van der Waals surface area contributed by atoms with Gasteiger partial charge in [-0.05, 0) is 42.0 Å². The van der Waals surface area contributed by atoms with Gasteiger partial charge in [0.1, 0.15) is 17.5 Å². The smallest absolute Gasteiger partial charge is 0.199 e. The molecule has 0 bridgehead atoms. The number of rotatable bonds is 5. The zero-order chi connectivity index (χ0) is 16.2. The fraction of sp³-hybridized carbons (Fsp3) is 0.125. The Bertz CT molecular complexity index is 856. The maximum Gasteiger partial charge on any atom is 0.199 e. The van der Waals surface area contributed by atoms with E-state index in [0.717, 1.165) is 5.56 Å². The van der Waals surface area contributed by atoms with Crippen molar-refractivity contribution in [1.82, 2.24) is 14.8 Å². The van der Waals surface area contributed by atoms with Crippen molar-refractivity contribution in [2.75, 3.05) is 0 Å². The van der Waals surface area contributed by atoms with Gasteiger partial charge in [-0.25, -0.2) is 8.78 Å². The van der Waals surface area contributed by atoms with E-state index < -0.39 is 0 Å². The lowest BCUT2D eigenvalue weighted by molar-refractivity contribution is 0.615. The number of para-hydroxylation sites is 1. The van der Waals surface area contributed by atoms with E-state index in [9.17, 15) is 8.78 Å². The van der Waals surface area contributed by atoms with Crippen LogP contribution in [0.15, 0.2) is 48.5 Å². The van der Waals surface area contributed by atoms with Crippen LogP contribution in [0.25, 0.3) is 5.69 Å². The average Bonchev–Trinajstić information content (AvgIpc) is 2.91. The number of benzene rings is 2. The lowest BCUT2D eigenvalue weighted by Gasteiger charge is -2.07. The highest BCUT2D eigenvalue weighted by Crippen LogP contribution is 2.21. The van der Waals surface area contributed by atoms with Gasteiger partial charge in [-0.2, -0.15) is 5.10 Å². The van der Waals surface area contributed by atoms with Gasteiger partial charge in [0.25, 0.3) is 0 Å². The fourth-order valence-electron chi connectivity index (χ4n) is 2.15. The topological polar surface area (TPSA) is 33.6 Å². The molecule has 23 heavy (non-hydrogen) atoms. The van der Waals surface area contributed by atoms with E-state index in [-0.39, 0.29) is 11.6 Å². The molecule has 3 nitrogen and oxygen atoms in total. The molecule has 1 heterocycles. The highest BCUT2D eigenvalue weighted by Gasteiger charge is 2.11. The Kier molecular flexibility index (Phi) is 4.88. The molecular formula is C16H13F2N3S2. The third-order valence-electron chi connectivity index (χ3n) is 3.25. The summed E-state index contributed by atoms with van der Waals surface area (Å²) >= 11 is 6.80. The molecule has 3 rings (SSSR count). The summed E-state index contributed by atoms with van der Waals surface area (Å²) < 4.78 is 28.8. The number of hydrogen-bond acceptors (Lipinski definition) is 3. The van der Waals surface area contributed by atoms with E-state index in [1.807, 2.05) is 0 Å². The van der Waals surface area contributed by atoms with E-state index >= 15 is 0 Å². The highest BCUT2D eigenvalue weighted by atomic mass is 32.2. The Morgan fingerprint density at radius 3 is 2.52 bits per heavy atom. The van der Waals surface area contributed by atoms with Gasteiger partial charge < -0.3 is 0 Å². The summed E-state index contributed by atoms with van der Waals surface area (Å²) in [5.41, 5.74) is 1.40. The second-order valence-corrected chi connectivity index (χ2v) is 6.22. The molecule has 1 aromatic heterocycles. The Balaban J connectivity index is 1.76. The minimum atomic E-state index is -0.352. The first-order valence-corrected chi connectivity index (χ1v) is 8.45. The SMILES string of the molecule is Fc1ccc(CSCc2n[nH]c(=S)n2-c2ccccc2F)cc1. The predicted octanol–water partition coefficient (Wildman–Crippen LogP) is 4.64. The molecule has 0 aliphatic rings. The van der Waals surface area contributed by atoms with Gasteiger partial charge in [0, 0.05) is 5.75 Å². The first-order valence-electron chi connectivity index (χ1n) is 6.88. The Hall–Kier alpha value is -1.99. The van der Waals surface area contributed by atoms with Crippen molar-refractivity contribution < 1.29 is 8.78 Å². The number of nitrogens with zero attached hydrogens (tertiary/aromatic N) is 2. The first-order chi connectivity index (χ1) is 11.1. The second kappa shape index (κ2) is 7.06. The molecule has 0 saturated heterocycles. The summed E-state index contributed by atoms with van der Waals surface area (Å²) in [6, 6.07) is 12.8. The molecule has 0 spiro atoms. The summed E-state index contributed by atoms with van der Waals surface area (Å²) in [5, 5.41) is 6.88. The lowest BCUT2D eigenvalue weighted by atomic mass is 10.2. The van der Waals surface area contributed by atoms with Crippen molar-refractivity contribution in [2.45, 2.75) is 11.5 Å². The molecule has 0 aliphatic carbocycles. The van der Waals surface area contributed by atoms with Crippen LogP contribution in [0.4, 0.5) is 8.78 Å². The Labute approximate surface area is 141 Å². The molecule has 0 radical (unpaired) electrons. The van der Waals surface area contributed by atoms with Crippen LogP contribution in [0.3, 0.4) is 0 Å². The van der Waals surface area contributed by atoms with Crippen LogP contribution in [-0.4, -0.2) is 14.8 Å². The zero-order valence-electron chi connectivity index (χ0n) is 12.0. The van der Waals surface area contributed by atoms with Gasteiger partial charge >= 0.3 is 0 Å². The number of H-pyrrole nitrogens is 1. The van der Waals surface area contributed by atoms with Crippen molar-refractivity contribution in [1.29, 1.82) is 0 Å². The first kappa shape index (κ1) is 15.9. The van der Waals surface area contributed by atoms with Crippen molar-refractivity contribution in [2.24, 2.45) is 0 Å². The molecule has 0 unspecified atom stereocenters. The van der Waals surface area contributed by atoms with E-state index in [1.165, 1.54) is 18.2 Å². The number of thioether (sulfide) groups is 1. The molecule has 2 aromatic carbocycles. The van der Waals surface area contributed by atoms with E-state index in [2.05, 4.69) is 10.2 Å². The largest absolute Gasteiger partial charge is 0.268 e. The van der Waals surface area contributed by atoms with Crippen LogP contribution in [0.1, 0.15) is 11.4 Å². The summed E-state index contributed by atoms with van der Waals surface area (Å²) in [5.74, 6) is 1.30. The molecule has 0 atom stereocenters. The van der Waals surface area contributed by atoms with Crippen LogP contribution >= 0.6 is 24.0 Å². The molecule has 0 aliphatic heterocycles. The average molecular weight is 349 g/mol. The van der Waals surface area contributed by atoms with Crippen molar-refractivity contribution in [3.8, 4) is 5.69 Å². The van der Waals surface area contributed by atoms with Crippen LogP contribution in [0.2, 0.25) is 0 Å². The van der Waals surface area contributed by atoms with Gasteiger partial charge in [0.2, 0.25) is 0 Å². The van der Waals surface area contributed by atoms with Gasteiger partial charge in [-0.1, -0.05) is 24.3 Å². The summed E-state index contributed by atoms with van der Waals surface area (Å²) in [4.78, 5) is 0. The third-order valence-corrected chi connectivity index (χ3v) is 4.52. The van der Waals surface area contributed by atoms with Gasteiger partial charge in [-0.3, -0.25) is 9.67 Å². The maximum atomic E-state index is 14.0. The summed E-state index contributed by atoms with van der Waals surface area (Å²) in [6.07, 6.45) is 0. The van der Waals surface area contributed by atoms with Gasteiger partial charge in [-0.15, -0.1) is 11.8 Å². The van der Waals surface area contributed by atoms with Gasteiger partial charge in [0.15, 0.2) is 4.77 Å². The summed E-state index contributed by atoms with van der Waals surface area (Å²) in [6.45, 7) is 0. The number of nitrogens with one attached hydrogen (secondary N) is 1. The summed E-state index contributed by atoms with van der Waals surface area (Å²) in [7, 11) is 0. The third kappa shape index (κ3) is 3.68. The van der Waals surface area contributed by atoms with Crippen LogP contribution in [-0.2, 0) is 11.5 Å². The van der Waals surface area contributed by atoms with E-state index in [4.69, 9.17) is 12.2 Å². The number of hydrogen-bond donors (Lipinski definition) is 1. The molecule has 0 saturated carbocycles. The van der Waals surface area contributed by atoms with Crippen LogP contribution in [0, 0.1) is 16.4 Å². The maximum absolute atomic E-state index is 14.0. The predicted molar refractivity (Wildman–Crippen MR) is 90.1 cm³/mol. The minimum Gasteiger partial charge on any atom is -0.268 e. The van der Waals surface area contributed by atoms with E-state index in [1.54, 1.807) is 46.7 Å². The molecule has 7 heteroatoms. The normalized spacial score (nSPS) is 10.9. The van der Waals surface area contributed by atoms with Gasteiger partial charge in [0.05, 0.1) is 11.4 Å². The fourth-order valence-corrected chi connectivity index (χ4v) is 3.30. The minimum absolute atomic E-state index is 0.251. The van der Waals surface area contributed by atoms with E-state index in [0.29, 0.717) is 27.8 Å². The molecular weight excluding hydrogens is 336 g/mol.